The Labute approximate surface area is 123 Å². The molecule has 2 rings (SSSR count). The van der Waals surface area contributed by atoms with Gasteiger partial charge in [-0.1, -0.05) is 11.6 Å². The topological polar surface area (TPSA) is 70.2 Å². The molecule has 0 heterocycles. The SMILES string of the molecule is CNc1ccc(Cl)cc1C(=O)NCCC(=O)NC1CC1. The van der Waals surface area contributed by atoms with Crippen LogP contribution in [0.4, 0.5) is 5.69 Å². The van der Waals surface area contributed by atoms with Gasteiger partial charge in [0.15, 0.2) is 0 Å². The molecule has 20 heavy (non-hydrogen) atoms. The lowest BCUT2D eigenvalue weighted by Gasteiger charge is -2.10. The first-order valence-electron chi connectivity index (χ1n) is 6.65. The van der Waals surface area contributed by atoms with Gasteiger partial charge in [0.1, 0.15) is 0 Å². The van der Waals surface area contributed by atoms with E-state index in [9.17, 15) is 9.59 Å². The Balaban J connectivity index is 1.84. The van der Waals surface area contributed by atoms with Gasteiger partial charge in [-0.2, -0.15) is 0 Å². The summed E-state index contributed by atoms with van der Waals surface area (Å²) in [5.74, 6) is -0.260. The molecule has 0 spiro atoms. The molecule has 1 aliphatic carbocycles. The zero-order chi connectivity index (χ0) is 14.5. The van der Waals surface area contributed by atoms with Crippen molar-refractivity contribution >= 4 is 29.1 Å². The molecule has 1 fully saturated rings. The van der Waals surface area contributed by atoms with Gasteiger partial charge >= 0.3 is 0 Å². The van der Waals surface area contributed by atoms with E-state index in [4.69, 9.17) is 11.6 Å². The first kappa shape index (κ1) is 14.7. The molecular weight excluding hydrogens is 278 g/mol. The molecular formula is C14H18ClN3O2. The largest absolute Gasteiger partial charge is 0.387 e. The third-order valence-electron chi connectivity index (χ3n) is 3.08. The lowest BCUT2D eigenvalue weighted by atomic mass is 10.1. The third kappa shape index (κ3) is 4.13. The number of carbonyl (C=O) groups is 2. The highest BCUT2D eigenvalue weighted by molar-refractivity contribution is 6.31. The van der Waals surface area contributed by atoms with Gasteiger partial charge in [0, 0.05) is 36.8 Å². The van der Waals surface area contributed by atoms with E-state index in [1.807, 2.05) is 0 Å². The van der Waals surface area contributed by atoms with E-state index < -0.39 is 0 Å². The van der Waals surface area contributed by atoms with Crippen molar-refractivity contribution in [2.75, 3.05) is 18.9 Å². The fraction of sp³-hybridized carbons (Fsp3) is 0.429. The summed E-state index contributed by atoms with van der Waals surface area (Å²) in [6.45, 7) is 0.313. The fourth-order valence-electron chi connectivity index (χ4n) is 1.83. The monoisotopic (exact) mass is 295 g/mol. The maximum absolute atomic E-state index is 12.1. The molecule has 1 aromatic rings. The van der Waals surface area contributed by atoms with Crippen LogP contribution in [0, 0.1) is 0 Å². The zero-order valence-corrected chi connectivity index (χ0v) is 12.1. The molecule has 0 radical (unpaired) electrons. The molecule has 1 saturated carbocycles. The lowest BCUT2D eigenvalue weighted by Crippen LogP contribution is -2.31. The van der Waals surface area contributed by atoms with Crippen molar-refractivity contribution in [3.05, 3.63) is 28.8 Å². The minimum atomic E-state index is -0.240. The Morgan fingerprint density at radius 3 is 2.75 bits per heavy atom. The van der Waals surface area contributed by atoms with Gasteiger partial charge in [0.2, 0.25) is 5.91 Å². The minimum absolute atomic E-state index is 0.0206. The molecule has 0 unspecified atom stereocenters. The predicted octanol–water partition coefficient (Wildman–Crippen LogP) is 1.78. The number of amides is 2. The summed E-state index contributed by atoms with van der Waals surface area (Å²) in [5, 5.41) is 9.04. The van der Waals surface area contributed by atoms with Crippen molar-refractivity contribution in [2.45, 2.75) is 25.3 Å². The van der Waals surface area contributed by atoms with Gasteiger partial charge in [-0.3, -0.25) is 9.59 Å². The fourth-order valence-corrected chi connectivity index (χ4v) is 2.01. The summed E-state index contributed by atoms with van der Waals surface area (Å²) in [6, 6.07) is 5.42. The molecule has 2 amide bonds. The number of benzene rings is 1. The van der Waals surface area contributed by atoms with Crippen LogP contribution in [0.5, 0.6) is 0 Å². The highest BCUT2D eigenvalue weighted by atomic mass is 35.5. The van der Waals surface area contributed by atoms with Crippen molar-refractivity contribution in [1.29, 1.82) is 0 Å². The number of carbonyl (C=O) groups excluding carboxylic acids is 2. The van der Waals surface area contributed by atoms with E-state index in [1.165, 1.54) is 0 Å². The van der Waals surface area contributed by atoms with E-state index in [-0.39, 0.29) is 18.2 Å². The molecule has 0 atom stereocenters. The van der Waals surface area contributed by atoms with Crippen LogP contribution in [0.2, 0.25) is 5.02 Å². The van der Waals surface area contributed by atoms with Crippen LogP contribution in [0.3, 0.4) is 0 Å². The third-order valence-corrected chi connectivity index (χ3v) is 3.31. The number of rotatable bonds is 6. The molecule has 1 aliphatic rings. The second-order valence-corrected chi connectivity index (χ2v) is 5.22. The van der Waals surface area contributed by atoms with Crippen LogP contribution >= 0.6 is 11.6 Å². The first-order valence-corrected chi connectivity index (χ1v) is 7.03. The van der Waals surface area contributed by atoms with Crippen LogP contribution in [-0.4, -0.2) is 31.4 Å². The van der Waals surface area contributed by atoms with Gasteiger partial charge in [-0.15, -0.1) is 0 Å². The summed E-state index contributed by atoms with van der Waals surface area (Å²) in [4.78, 5) is 23.5. The highest BCUT2D eigenvalue weighted by Crippen LogP contribution is 2.20. The Bertz CT molecular complexity index is 515. The maximum atomic E-state index is 12.1. The van der Waals surface area contributed by atoms with Crippen LogP contribution in [0.15, 0.2) is 18.2 Å². The molecule has 1 aromatic carbocycles. The molecule has 108 valence electrons. The summed E-state index contributed by atoms with van der Waals surface area (Å²) >= 11 is 5.89. The van der Waals surface area contributed by atoms with Crippen molar-refractivity contribution in [3.8, 4) is 0 Å². The molecule has 5 nitrogen and oxygen atoms in total. The highest BCUT2D eigenvalue weighted by Gasteiger charge is 2.22. The molecule has 0 aliphatic heterocycles. The normalized spacial score (nSPS) is 13.7. The molecule has 0 bridgehead atoms. The van der Waals surface area contributed by atoms with Gasteiger partial charge in [0.25, 0.3) is 5.91 Å². The second kappa shape index (κ2) is 6.61. The quantitative estimate of drug-likeness (QED) is 0.749. The van der Waals surface area contributed by atoms with Crippen LogP contribution < -0.4 is 16.0 Å². The summed E-state index contributed by atoms with van der Waals surface area (Å²) in [5.41, 5.74) is 1.18. The van der Waals surface area contributed by atoms with E-state index in [2.05, 4.69) is 16.0 Å². The van der Waals surface area contributed by atoms with Gasteiger partial charge < -0.3 is 16.0 Å². The number of anilines is 1. The number of nitrogens with one attached hydrogen (secondary N) is 3. The van der Waals surface area contributed by atoms with Crippen molar-refractivity contribution in [1.82, 2.24) is 10.6 Å². The van der Waals surface area contributed by atoms with E-state index in [0.717, 1.165) is 12.8 Å². The predicted molar refractivity (Wildman–Crippen MR) is 79.1 cm³/mol. The molecule has 6 heteroatoms. The zero-order valence-electron chi connectivity index (χ0n) is 11.3. The van der Waals surface area contributed by atoms with Crippen LogP contribution in [-0.2, 0) is 4.79 Å². The Morgan fingerprint density at radius 1 is 1.35 bits per heavy atom. The minimum Gasteiger partial charge on any atom is -0.387 e. The number of halogens is 1. The summed E-state index contributed by atoms with van der Waals surface area (Å²) in [6.07, 6.45) is 2.41. The average molecular weight is 296 g/mol. The Morgan fingerprint density at radius 2 is 2.10 bits per heavy atom. The number of hydrogen-bond acceptors (Lipinski definition) is 3. The number of hydrogen-bond donors (Lipinski definition) is 3. The van der Waals surface area contributed by atoms with Crippen molar-refractivity contribution in [3.63, 3.8) is 0 Å². The van der Waals surface area contributed by atoms with Crippen LogP contribution in [0.25, 0.3) is 0 Å². The summed E-state index contributed by atoms with van der Waals surface area (Å²) < 4.78 is 0. The Hall–Kier alpha value is -1.75. The Kier molecular flexibility index (Phi) is 4.84. The maximum Gasteiger partial charge on any atom is 0.253 e. The lowest BCUT2D eigenvalue weighted by molar-refractivity contribution is -0.121. The molecule has 3 N–H and O–H groups in total. The second-order valence-electron chi connectivity index (χ2n) is 4.79. The first-order chi connectivity index (χ1) is 9.60. The van der Waals surface area contributed by atoms with Crippen molar-refractivity contribution in [2.24, 2.45) is 0 Å². The molecule has 0 aromatic heterocycles. The molecule has 0 saturated heterocycles. The van der Waals surface area contributed by atoms with Crippen LogP contribution in [0.1, 0.15) is 29.6 Å². The van der Waals surface area contributed by atoms with E-state index in [0.29, 0.717) is 28.9 Å². The standard InChI is InChI=1S/C14H18ClN3O2/c1-16-12-5-2-9(15)8-11(12)14(20)17-7-6-13(19)18-10-3-4-10/h2,5,8,10,16H,3-4,6-7H2,1H3,(H,17,20)(H,18,19). The van der Waals surface area contributed by atoms with E-state index >= 15 is 0 Å². The van der Waals surface area contributed by atoms with Gasteiger partial charge in [-0.25, -0.2) is 0 Å². The van der Waals surface area contributed by atoms with Crippen molar-refractivity contribution < 1.29 is 9.59 Å². The van der Waals surface area contributed by atoms with Gasteiger partial charge in [-0.05, 0) is 31.0 Å². The summed E-state index contributed by atoms with van der Waals surface area (Å²) in [7, 11) is 1.74. The van der Waals surface area contributed by atoms with E-state index in [1.54, 1.807) is 25.2 Å². The average Bonchev–Trinajstić information content (AvgIpc) is 3.22. The van der Waals surface area contributed by atoms with Gasteiger partial charge in [0.05, 0.1) is 5.56 Å². The smallest absolute Gasteiger partial charge is 0.253 e.